The molecule has 0 N–H and O–H groups in total. The Bertz CT molecular complexity index is 2390. The normalized spacial score (nSPS) is 11.4. The monoisotopic (exact) mass is 642 g/mol. The molecular weight excluding hydrogens is 601 g/mol. The molecule has 0 heterocycles. The van der Waals surface area contributed by atoms with Crippen LogP contribution in [0.1, 0.15) is 33.4 Å². The van der Waals surface area contributed by atoms with Crippen LogP contribution in [-0.4, -0.2) is 0 Å². The number of aryl methyl sites for hydroxylation is 4. The molecule has 0 aliphatic heterocycles. The van der Waals surface area contributed by atoms with Crippen molar-refractivity contribution in [3.63, 3.8) is 0 Å². The maximum absolute atomic E-state index is 2.36. The summed E-state index contributed by atoms with van der Waals surface area (Å²) in [5.74, 6) is 0. The third kappa shape index (κ3) is 5.15. The molecule has 0 amide bonds. The first-order chi connectivity index (χ1) is 24.3. The lowest BCUT2D eigenvalue weighted by Gasteiger charge is -2.22. The van der Waals surface area contributed by atoms with Crippen molar-refractivity contribution >= 4 is 21.5 Å². The predicted octanol–water partition coefficient (Wildman–Crippen LogP) is 14.2. The van der Waals surface area contributed by atoms with Crippen molar-refractivity contribution in [2.75, 3.05) is 0 Å². The van der Waals surface area contributed by atoms with Gasteiger partial charge in [-0.15, -0.1) is 0 Å². The molecule has 8 rings (SSSR count). The second-order valence-corrected chi connectivity index (χ2v) is 13.9. The van der Waals surface area contributed by atoms with E-state index in [1.54, 1.807) is 0 Å². The van der Waals surface area contributed by atoms with E-state index >= 15 is 0 Å². The van der Waals surface area contributed by atoms with Gasteiger partial charge in [-0.2, -0.15) is 0 Å². The zero-order chi connectivity index (χ0) is 34.5. The molecule has 0 aromatic heterocycles. The summed E-state index contributed by atoms with van der Waals surface area (Å²) in [6, 6.07) is 53.7. The highest BCUT2D eigenvalue weighted by Crippen LogP contribution is 2.45. The van der Waals surface area contributed by atoms with Crippen molar-refractivity contribution in [2.24, 2.45) is 0 Å². The van der Waals surface area contributed by atoms with E-state index in [2.05, 4.69) is 187 Å². The van der Waals surface area contributed by atoms with Crippen molar-refractivity contribution in [1.29, 1.82) is 0 Å². The third-order valence-corrected chi connectivity index (χ3v) is 10.7. The second kappa shape index (κ2) is 12.6. The number of hydrogen-bond donors (Lipinski definition) is 0. The van der Waals surface area contributed by atoms with Crippen molar-refractivity contribution in [1.82, 2.24) is 0 Å². The van der Waals surface area contributed by atoms with E-state index in [4.69, 9.17) is 0 Å². The van der Waals surface area contributed by atoms with Crippen molar-refractivity contribution in [3.05, 3.63) is 179 Å². The van der Waals surface area contributed by atoms with Gasteiger partial charge in [0.2, 0.25) is 0 Å². The maximum Gasteiger partial charge on any atom is -0.00987 e. The average molecular weight is 643 g/mol. The lowest BCUT2D eigenvalue weighted by atomic mass is 9.82. The Morgan fingerprint density at radius 2 is 0.540 bits per heavy atom. The van der Waals surface area contributed by atoms with Crippen LogP contribution in [0.15, 0.2) is 146 Å². The van der Waals surface area contributed by atoms with Crippen molar-refractivity contribution in [3.8, 4) is 55.6 Å². The zero-order valence-electron chi connectivity index (χ0n) is 29.9. The molecule has 50 heavy (non-hydrogen) atoms. The van der Waals surface area contributed by atoms with E-state index in [-0.39, 0.29) is 0 Å². The van der Waals surface area contributed by atoms with Crippen LogP contribution in [0.2, 0.25) is 0 Å². The van der Waals surface area contributed by atoms with Crippen LogP contribution in [0.4, 0.5) is 0 Å². The molecule has 0 bridgehead atoms. The molecule has 8 aromatic carbocycles. The highest BCUT2D eigenvalue weighted by atomic mass is 14.2. The Morgan fingerprint density at radius 1 is 0.260 bits per heavy atom. The van der Waals surface area contributed by atoms with Gasteiger partial charge < -0.3 is 0 Å². The van der Waals surface area contributed by atoms with E-state index in [0.29, 0.717) is 0 Å². The first-order valence-electron chi connectivity index (χ1n) is 17.7. The molecule has 8 aromatic rings. The summed E-state index contributed by atoms with van der Waals surface area (Å²) in [5.41, 5.74) is 20.9. The molecule has 0 saturated carbocycles. The van der Waals surface area contributed by atoms with Crippen LogP contribution in [0, 0.1) is 41.5 Å². The van der Waals surface area contributed by atoms with Crippen molar-refractivity contribution < 1.29 is 0 Å². The first kappa shape index (κ1) is 31.5. The molecule has 0 heteroatoms. The summed E-state index contributed by atoms with van der Waals surface area (Å²) in [6.07, 6.45) is 0. The summed E-state index contributed by atoms with van der Waals surface area (Å²) >= 11 is 0. The molecule has 0 aliphatic rings. The van der Waals surface area contributed by atoms with Crippen LogP contribution in [0.5, 0.6) is 0 Å². The first-order valence-corrected chi connectivity index (χ1v) is 17.7. The minimum Gasteiger partial charge on any atom is -0.0622 e. The summed E-state index contributed by atoms with van der Waals surface area (Å²) in [6.45, 7) is 13.6. The molecular formula is C50H42. The van der Waals surface area contributed by atoms with E-state index in [1.807, 2.05) is 0 Å². The van der Waals surface area contributed by atoms with Crippen LogP contribution < -0.4 is 0 Å². The Kier molecular flexibility index (Phi) is 7.96. The fourth-order valence-electron chi connectivity index (χ4n) is 8.80. The van der Waals surface area contributed by atoms with Gasteiger partial charge in [-0.1, -0.05) is 146 Å². The Labute approximate surface area is 296 Å². The number of rotatable bonds is 5. The number of hydrogen-bond acceptors (Lipinski definition) is 0. The molecule has 0 nitrogen and oxygen atoms in total. The topological polar surface area (TPSA) is 0 Å². The zero-order valence-corrected chi connectivity index (χ0v) is 29.9. The predicted molar refractivity (Wildman–Crippen MR) is 217 cm³/mol. The van der Waals surface area contributed by atoms with Crippen LogP contribution >= 0.6 is 0 Å². The highest BCUT2D eigenvalue weighted by Gasteiger charge is 2.20. The fourth-order valence-corrected chi connectivity index (χ4v) is 8.80. The van der Waals surface area contributed by atoms with Gasteiger partial charge in [-0.3, -0.25) is 0 Å². The second-order valence-electron chi connectivity index (χ2n) is 13.9. The van der Waals surface area contributed by atoms with Crippen LogP contribution in [0.3, 0.4) is 0 Å². The Hall–Kier alpha value is -5.72. The average Bonchev–Trinajstić information content (AvgIpc) is 3.12. The van der Waals surface area contributed by atoms with Crippen LogP contribution in [-0.2, 0) is 0 Å². The lowest BCUT2D eigenvalue weighted by molar-refractivity contribution is 1.32. The lowest BCUT2D eigenvalue weighted by Crippen LogP contribution is -1.98. The third-order valence-electron chi connectivity index (χ3n) is 10.7. The molecule has 0 aliphatic carbocycles. The number of fused-ring (bicyclic) bond motifs is 2. The molecule has 0 unspecified atom stereocenters. The van der Waals surface area contributed by atoms with Crippen LogP contribution in [0.25, 0.3) is 77.2 Å². The standard InChI is InChI=1S/C50H42/c1-31-29-33(3)49(35(5)47(31)37-17-9-7-10-18-37)45-27-25-43(39-21-13-15-23-41(39)45)44-26-28-46(42-24-16-14-22-40(42)44)50-34(4)30-32(2)48(36(50)6)38-19-11-8-12-20-38/h7-30H,1-6H3. The van der Waals surface area contributed by atoms with Gasteiger partial charge in [0.05, 0.1) is 0 Å². The van der Waals surface area contributed by atoms with Gasteiger partial charge in [-0.05, 0) is 152 Å². The van der Waals surface area contributed by atoms with E-state index in [1.165, 1.54) is 111 Å². The maximum atomic E-state index is 2.36. The minimum atomic E-state index is 1.26. The molecule has 0 spiro atoms. The molecule has 0 radical (unpaired) electrons. The van der Waals surface area contributed by atoms with Gasteiger partial charge in [0.25, 0.3) is 0 Å². The largest absolute Gasteiger partial charge is 0.0622 e. The summed E-state index contributed by atoms with van der Waals surface area (Å²) in [4.78, 5) is 0. The van der Waals surface area contributed by atoms with Gasteiger partial charge >= 0.3 is 0 Å². The Balaban J connectivity index is 1.33. The van der Waals surface area contributed by atoms with E-state index < -0.39 is 0 Å². The smallest absolute Gasteiger partial charge is 0.00987 e. The summed E-state index contributed by atoms with van der Waals surface area (Å²) in [5, 5.41) is 5.12. The summed E-state index contributed by atoms with van der Waals surface area (Å²) in [7, 11) is 0. The molecule has 0 saturated heterocycles. The quantitative estimate of drug-likeness (QED) is 0.175. The summed E-state index contributed by atoms with van der Waals surface area (Å²) < 4.78 is 0. The molecule has 242 valence electrons. The van der Waals surface area contributed by atoms with E-state index in [9.17, 15) is 0 Å². The fraction of sp³-hybridized carbons (Fsp3) is 0.120. The highest BCUT2D eigenvalue weighted by molar-refractivity contribution is 6.13. The van der Waals surface area contributed by atoms with Gasteiger partial charge in [0.15, 0.2) is 0 Å². The van der Waals surface area contributed by atoms with E-state index in [0.717, 1.165) is 0 Å². The molecule has 0 fully saturated rings. The van der Waals surface area contributed by atoms with Crippen molar-refractivity contribution in [2.45, 2.75) is 41.5 Å². The minimum absolute atomic E-state index is 1.26. The SMILES string of the molecule is Cc1cc(C)c(-c2ccc(-c3ccc(-c4c(C)cc(C)c(-c5ccccc5)c4C)c4ccccc34)c3ccccc23)c(C)c1-c1ccccc1. The van der Waals surface area contributed by atoms with Gasteiger partial charge in [0, 0.05) is 0 Å². The molecule has 0 atom stereocenters. The van der Waals surface area contributed by atoms with Gasteiger partial charge in [0.1, 0.15) is 0 Å². The number of benzene rings is 8. The Morgan fingerprint density at radius 3 is 0.900 bits per heavy atom. The van der Waals surface area contributed by atoms with Gasteiger partial charge in [-0.25, -0.2) is 0 Å².